The third kappa shape index (κ3) is 4.38. The molecule has 1 saturated carbocycles. The number of aromatic nitrogens is 4. The third-order valence-electron chi connectivity index (χ3n) is 4.93. The van der Waals surface area contributed by atoms with Gasteiger partial charge < -0.3 is 0 Å². The number of amides is 1. The van der Waals surface area contributed by atoms with Crippen molar-refractivity contribution in [3.05, 3.63) is 47.2 Å². The van der Waals surface area contributed by atoms with Crippen molar-refractivity contribution in [2.75, 3.05) is 0 Å². The van der Waals surface area contributed by atoms with Gasteiger partial charge in [-0.15, -0.1) is 16.4 Å². The van der Waals surface area contributed by atoms with Crippen LogP contribution in [0, 0.1) is 6.92 Å². The molecule has 1 fully saturated rings. The fourth-order valence-electron chi connectivity index (χ4n) is 3.42. The third-order valence-corrected chi connectivity index (χ3v) is 7.27. The summed E-state index contributed by atoms with van der Waals surface area (Å²) in [5.41, 5.74) is 1.54. The number of carbonyl (C=O) groups excluding carboxylic acids is 1. The summed E-state index contributed by atoms with van der Waals surface area (Å²) in [5, 5.41) is 10.5. The monoisotopic (exact) mass is 431 g/mol. The highest BCUT2D eigenvalue weighted by Crippen LogP contribution is 2.27. The molecule has 152 valence electrons. The summed E-state index contributed by atoms with van der Waals surface area (Å²) in [4.78, 5) is 16.8. The average Bonchev–Trinajstić information content (AvgIpc) is 3.38. The molecule has 3 aromatic rings. The van der Waals surface area contributed by atoms with Crippen molar-refractivity contribution >= 4 is 27.3 Å². The van der Waals surface area contributed by atoms with E-state index >= 15 is 0 Å². The number of hydrogen-bond donors (Lipinski definition) is 1. The number of nitrogens with one attached hydrogen (secondary N) is 1. The van der Waals surface area contributed by atoms with E-state index in [1.54, 1.807) is 16.8 Å². The van der Waals surface area contributed by atoms with Crippen LogP contribution in [-0.4, -0.2) is 34.3 Å². The molecule has 10 heteroatoms. The van der Waals surface area contributed by atoms with Crippen LogP contribution in [0.3, 0.4) is 0 Å². The van der Waals surface area contributed by atoms with E-state index in [9.17, 15) is 13.2 Å². The van der Waals surface area contributed by atoms with Crippen LogP contribution in [0.5, 0.6) is 0 Å². The summed E-state index contributed by atoms with van der Waals surface area (Å²) < 4.78 is 29.2. The van der Waals surface area contributed by atoms with Crippen LogP contribution >= 0.6 is 11.3 Å². The number of benzene rings is 1. The Balaban J connectivity index is 1.51. The van der Waals surface area contributed by atoms with Crippen LogP contribution in [0.4, 0.5) is 0 Å². The van der Waals surface area contributed by atoms with E-state index in [-0.39, 0.29) is 16.6 Å². The molecule has 0 bridgehead atoms. The smallest absolute Gasteiger partial charge is 0.266 e. The van der Waals surface area contributed by atoms with E-state index < -0.39 is 15.9 Å². The van der Waals surface area contributed by atoms with Gasteiger partial charge in [0.1, 0.15) is 5.01 Å². The molecule has 2 aromatic heterocycles. The highest BCUT2D eigenvalue weighted by Gasteiger charge is 2.23. The second kappa shape index (κ2) is 8.03. The molecule has 0 atom stereocenters. The minimum atomic E-state index is -4.05. The van der Waals surface area contributed by atoms with E-state index in [2.05, 4.69) is 20.0 Å². The molecule has 4 rings (SSSR count). The van der Waals surface area contributed by atoms with Gasteiger partial charge in [-0.3, -0.25) is 4.79 Å². The summed E-state index contributed by atoms with van der Waals surface area (Å²) in [6.07, 6.45) is 6.95. The maximum Gasteiger partial charge on any atom is 0.287 e. The largest absolute Gasteiger partial charge is 0.287 e. The van der Waals surface area contributed by atoms with Crippen molar-refractivity contribution in [2.24, 2.45) is 0 Å². The fraction of sp³-hybridized carbons (Fsp3) is 0.368. The number of sulfonamides is 1. The Morgan fingerprint density at radius 3 is 2.76 bits per heavy atom. The lowest BCUT2D eigenvalue weighted by molar-refractivity contribution is 0.0976. The molecule has 8 nitrogen and oxygen atoms in total. The van der Waals surface area contributed by atoms with E-state index in [0.717, 1.165) is 36.4 Å². The Hall–Kier alpha value is -2.59. The average molecular weight is 432 g/mol. The molecule has 1 amide bonds. The molecular formula is C19H21N5O3S2. The Morgan fingerprint density at radius 2 is 2.03 bits per heavy atom. The van der Waals surface area contributed by atoms with Crippen molar-refractivity contribution in [3.8, 4) is 10.6 Å². The first-order valence-corrected chi connectivity index (χ1v) is 11.8. The van der Waals surface area contributed by atoms with Gasteiger partial charge in [-0.05, 0) is 31.9 Å². The second-order valence-electron chi connectivity index (χ2n) is 7.13. The maximum atomic E-state index is 12.7. The fourth-order valence-corrected chi connectivity index (χ4v) is 5.22. The molecular weight excluding hydrogens is 410 g/mol. The first-order chi connectivity index (χ1) is 13.9. The zero-order chi connectivity index (χ0) is 20.4. The number of nitrogens with zero attached hydrogens (tertiary/aromatic N) is 4. The number of carbonyl (C=O) groups is 1. The SMILES string of the molecule is Cc1csc(-c2cccc(S(=O)(=O)NC(=O)c3cn(C4CCCCC4)nn3)c2)n1. The maximum absolute atomic E-state index is 12.7. The summed E-state index contributed by atoms with van der Waals surface area (Å²) >= 11 is 1.43. The Kier molecular flexibility index (Phi) is 5.46. The minimum Gasteiger partial charge on any atom is -0.266 e. The minimum absolute atomic E-state index is 0.00382. The van der Waals surface area contributed by atoms with Gasteiger partial charge in [-0.2, -0.15) is 0 Å². The number of aryl methyl sites for hydroxylation is 1. The Morgan fingerprint density at radius 1 is 1.24 bits per heavy atom. The predicted molar refractivity (Wildman–Crippen MR) is 109 cm³/mol. The topological polar surface area (TPSA) is 107 Å². The van der Waals surface area contributed by atoms with Gasteiger partial charge in [-0.1, -0.05) is 36.6 Å². The van der Waals surface area contributed by atoms with E-state index in [1.807, 2.05) is 12.3 Å². The highest BCUT2D eigenvalue weighted by atomic mass is 32.2. The Labute approximate surface area is 173 Å². The molecule has 29 heavy (non-hydrogen) atoms. The summed E-state index contributed by atoms with van der Waals surface area (Å²) in [7, 11) is -4.05. The lowest BCUT2D eigenvalue weighted by Crippen LogP contribution is -2.30. The number of thiazole rings is 1. The number of hydrogen-bond acceptors (Lipinski definition) is 7. The van der Waals surface area contributed by atoms with E-state index in [4.69, 9.17) is 0 Å². The van der Waals surface area contributed by atoms with Gasteiger partial charge >= 0.3 is 0 Å². The van der Waals surface area contributed by atoms with Crippen LogP contribution in [0.25, 0.3) is 10.6 Å². The van der Waals surface area contributed by atoms with Gasteiger partial charge in [0.2, 0.25) is 0 Å². The van der Waals surface area contributed by atoms with Crippen molar-refractivity contribution in [1.29, 1.82) is 0 Å². The number of rotatable bonds is 5. The van der Waals surface area contributed by atoms with E-state index in [0.29, 0.717) is 5.56 Å². The van der Waals surface area contributed by atoms with Crippen LogP contribution in [-0.2, 0) is 10.0 Å². The van der Waals surface area contributed by atoms with Crippen LogP contribution in [0.2, 0.25) is 0 Å². The molecule has 1 aromatic carbocycles. The lowest BCUT2D eigenvalue weighted by atomic mass is 9.96. The van der Waals surface area contributed by atoms with Crippen LogP contribution in [0.1, 0.15) is 54.3 Å². The van der Waals surface area contributed by atoms with Gasteiger partial charge in [0.25, 0.3) is 15.9 Å². The summed E-state index contributed by atoms with van der Waals surface area (Å²) in [5.74, 6) is -0.789. The lowest BCUT2D eigenvalue weighted by Gasteiger charge is -2.20. The van der Waals surface area contributed by atoms with Gasteiger partial charge in [0.15, 0.2) is 5.69 Å². The molecule has 1 N–H and O–H groups in total. The zero-order valence-electron chi connectivity index (χ0n) is 15.9. The van der Waals surface area contributed by atoms with Crippen molar-refractivity contribution in [1.82, 2.24) is 24.7 Å². The van der Waals surface area contributed by atoms with Gasteiger partial charge in [0.05, 0.1) is 17.1 Å². The van der Waals surface area contributed by atoms with Crippen molar-refractivity contribution < 1.29 is 13.2 Å². The van der Waals surface area contributed by atoms with Crippen LogP contribution < -0.4 is 4.72 Å². The highest BCUT2D eigenvalue weighted by molar-refractivity contribution is 7.90. The first kappa shape index (κ1) is 19.7. The normalized spacial score (nSPS) is 15.3. The molecule has 1 aliphatic carbocycles. The van der Waals surface area contributed by atoms with Gasteiger partial charge in [-0.25, -0.2) is 22.8 Å². The van der Waals surface area contributed by atoms with Crippen LogP contribution in [0.15, 0.2) is 40.7 Å². The molecule has 0 radical (unpaired) electrons. The molecule has 0 aliphatic heterocycles. The first-order valence-electron chi connectivity index (χ1n) is 9.44. The second-order valence-corrected chi connectivity index (χ2v) is 9.67. The quantitative estimate of drug-likeness (QED) is 0.664. The standard InChI is InChI=1S/C19H21N5O3S2/c1-13-12-28-19(20-13)14-6-5-9-16(10-14)29(26,27)22-18(25)17-11-24(23-21-17)15-7-3-2-4-8-15/h5-6,9-12,15H,2-4,7-8H2,1H3,(H,22,25). The molecule has 0 spiro atoms. The molecule has 1 aliphatic rings. The van der Waals surface area contributed by atoms with Crippen molar-refractivity contribution in [2.45, 2.75) is 50.0 Å². The Bertz CT molecular complexity index is 1130. The van der Waals surface area contributed by atoms with Crippen molar-refractivity contribution in [3.63, 3.8) is 0 Å². The van der Waals surface area contributed by atoms with Gasteiger partial charge in [0, 0.05) is 16.6 Å². The molecule has 0 saturated heterocycles. The summed E-state index contributed by atoms with van der Waals surface area (Å²) in [6.45, 7) is 1.88. The predicted octanol–water partition coefficient (Wildman–Crippen LogP) is 3.33. The molecule has 2 heterocycles. The van der Waals surface area contributed by atoms with E-state index in [1.165, 1.54) is 36.1 Å². The zero-order valence-corrected chi connectivity index (χ0v) is 17.5. The molecule has 0 unspecified atom stereocenters. The summed E-state index contributed by atoms with van der Waals surface area (Å²) in [6, 6.07) is 6.58.